The van der Waals surface area contributed by atoms with Gasteiger partial charge in [0.25, 0.3) is 0 Å². The van der Waals surface area contributed by atoms with Gasteiger partial charge in [-0.15, -0.1) is 0 Å². The standard InChI is InChI=1S/C27H31GeNO/c1-27(2,3)16-22-20-10-8-7-9-17(20)14-21-25-24-18(11-12-29-25)13-19(28(4,5)6)15-23(24)30-26(21)22/h7-15,25,29H,16H2,1-6H3. The second-order valence-electron chi connectivity index (χ2n) is 11.0. The molecule has 5 rings (SSSR count). The second kappa shape index (κ2) is 6.65. The van der Waals surface area contributed by atoms with Crippen molar-refractivity contribution in [2.45, 2.75) is 50.5 Å². The predicted octanol–water partition coefficient (Wildman–Crippen LogP) is 6.74. The summed E-state index contributed by atoms with van der Waals surface area (Å²) in [5.41, 5.74) is 5.37. The molecule has 3 aromatic rings. The van der Waals surface area contributed by atoms with E-state index in [4.69, 9.17) is 4.74 Å². The van der Waals surface area contributed by atoms with Crippen molar-refractivity contribution in [3.8, 4) is 11.5 Å². The summed E-state index contributed by atoms with van der Waals surface area (Å²) in [4.78, 5) is 0. The van der Waals surface area contributed by atoms with Crippen LogP contribution in [-0.2, 0) is 6.42 Å². The molecule has 2 heterocycles. The van der Waals surface area contributed by atoms with Crippen LogP contribution in [0.1, 0.15) is 49.1 Å². The zero-order valence-corrected chi connectivity index (χ0v) is 21.0. The van der Waals surface area contributed by atoms with Crippen LogP contribution in [0.4, 0.5) is 0 Å². The molecule has 0 aliphatic carbocycles. The summed E-state index contributed by atoms with van der Waals surface area (Å²) < 4.78 is 8.30. The third-order valence-corrected chi connectivity index (χ3v) is 10.5. The Morgan fingerprint density at radius 1 is 1.03 bits per heavy atom. The number of ether oxygens (including phenoxy) is 1. The predicted molar refractivity (Wildman–Crippen MR) is 131 cm³/mol. The van der Waals surface area contributed by atoms with Crippen LogP contribution in [0.3, 0.4) is 0 Å². The maximum atomic E-state index is 6.80. The minimum atomic E-state index is -2.00. The first kappa shape index (κ1) is 19.7. The Hall–Kier alpha value is -2.20. The molecule has 2 aliphatic rings. The van der Waals surface area contributed by atoms with Gasteiger partial charge in [0.05, 0.1) is 0 Å². The Morgan fingerprint density at radius 2 is 1.80 bits per heavy atom. The molecule has 30 heavy (non-hydrogen) atoms. The number of hydrogen-bond donors (Lipinski definition) is 1. The van der Waals surface area contributed by atoms with Gasteiger partial charge in [0.2, 0.25) is 0 Å². The van der Waals surface area contributed by atoms with Crippen molar-refractivity contribution in [3.63, 3.8) is 0 Å². The molecule has 0 saturated heterocycles. The van der Waals surface area contributed by atoms with Crippen molar-refractivity contribution in [1.29, 1.82) is 0 Å². The van der Waals surface area contributed by atoms with E-state index in [-0.39, 0.29) is 11.5 Å². The Balaban J connectivity index is 1.79. The fourth-order valence-corrected chi connectivity index (χ4v) is 7.17. The van der Waals surface area contributed by atoms with Crippen LogP contribution in [0.15, 0.2) is 48.7 Å². The molecule has 1 atom stereocenters. The number of hydrogen-bond acceptors (Lipinski definition) is 2. The van der Waals surface area contributed by atoms with Crippen LogP contribution in [0.2, 0.25) is 17.3 Å². The van der Waals surface area contributed by atoms with E-state index in [1.54, 1.807) is 0 Å². The van der Waals surface area contributed by atoms with E-state index >= 15 is 0 Å². The zero-order valence-electron chi connectivity index (χ0n) is 18.9. The number of nitrogens with one attached hydrogen (secondary N) is 1. The number of fused-ring (bicyclic) bond motifs is 3. The van der Waals surface area contributed by atoms with Gasteiger partial charge in [0.15, 0.2) is 0 Å². The average molecular weight is 458 g/mol. The van der Waals surface area contributed by atoms with Gasteiger partial charge in [-0.1, -0.05) is 0 Å². The Morgan fingerprint density at radius 3 is 2.53 bits per heavy atom. The molecule has 1 N–H and O–H groups in total. The summed E-state index contributed by atoms with van der Waals surface area (Å²) in [6.45, 7) is 6.93. The van der Waals surface area contributed by atoms with Crippen LogP contribution < -0.4 is 14.4 Å². The van der Waals surface area contributed by atoms with Crippen molar-refractivity contribution in [2.75, 3.05) is 0 Å². The first-order valence-electron chi connectivity index (χ1n) is 11.0. The van der Waals surface area contributed by atoms with E-state index in [1.165, 1.54) is 37.4 Å². The first-order chi connectivity index (χ1) is 14.1. The van der Waals surface area contributed by atoms with E-state index < -0.39 is 13.3 Å². The van der Waals surface area contributed by atoms with Gasteiger partial charge in [-0.05, 0) is 0 Å². The summed E-state index contributed by atoms with van der Waals surface area (Å²) >= 11 is -2.00. The average Bonchev–Trinajstić information content (AvgIpc) is 2.67. The minimum absolute atomic E-state index is 0.147. The van der Waals surface area contributed by atoms with E-state index in [9.17, 15) is 0 Å². The molecule has 0 bridgehead atoms. The fourth-order valence-electron chi connectivity index (χ4n) is 4.75. The molecule has 154 valence electrons. The van der Waals surface area contributed by atoms with E-state index in [0.717, 1.165) is 17.9 Å². The molecule has 2 aliphatic heterocycles. The molecule has 0 saturated carbocycles. The van der Waals surface area contributed by atoms with Crippen LogP contribution >= 0.6 is 0 Å². The van der Waals surface area contributed by atoms with Crippen molar-refractivity contribution < 1.29 is 4.74 Å². The van der Waals surface area contributed by atoms with Crippen LogP contribution in [0, 0.1) is 5.41 Å². The maximum absolute atomic E-state index is 6.80. The third kappa shape index (κ3) is 3.26. The molecule has 3 heteroatoms. The van der Waals surface area contributed by atoms with Crippen molar-refractivity contribution in [1.82, 2.24) is 5.32 Å². The Bertz CT molecular complexity index is 1190. The first-order valence-corrected chi connectivity index (χ1v) is 18.3. The Labute approximate surface area is 182 Å². The molecule has 0 radical (unpaired) electrons. The summed E-state index contributed by atoms with van der Waals surface area (Å²) in [5.74, 6) is 9.46. The summed E-state index contributed by atoms with van der Waals surface area (Å²) in [5, 5.41) is 6.25. The normalized spacial score (nSPS) is 17.2. The van der Waals surface area contributed by atoms with E-state index in [1.807, 2.05) is 0 Å². The topological polar surface area (TPSA) is 21.3 Å². The third-order valence-electron chi connectivity index (χ3n) is 6.22. The van der Waals surface area contributed by atoms with E-state index in [2.05, 4.69) is 98.1 Å². The molecule has 3 aromatic carbocycles. The molecule has 1 unspecified atom stereocenters. The van der Waals surface area contributed by atoms with Gasteiger partial charge in [0, 0.05) is 0 Å². The van der Waals surface area contributed by atoms with Crippen LogP contribution in [-0.4, -0.2) is 13.3 Å². The van der Waals surface area contributed by atoms with Crippen LogP contribution in [0.5, 0.6) is 11.5 Å². The summed E-state index contributed by atoms with van der Waals surface area (Å²) in [6, 6.07) is 16.0. The molecule has 0 spiro atoms. The second-order valence-corrected chi connectivity index (χ2v) is 21.6. The van der Waals surface area contributed by atoms with Gasteiger partial charge in [-0.2, -0.15) is 0 Å². The van der Waals surface area contributed by atoms with Gasteiger partial charge in [-0.3, -0.25) is 0 Å². The Kier molecular flexibility index (Phi) is 4.38. The van der Waals surface area contributed by atoms with Gasteiger partial charge >= 0.3 is 183 Å². The van der Waals surface area contributed by atoms with Gasteiger partial charge in [0.1, 0.15) is 0 Å². The molecular weight excluding hydrogens is 427 g/mol. The summed E-state index contributed by atoms with van der Waals surface area (Å²) in [6.07, 6.45) is 5.31. The SMILES string of the molecule is CC(C)(C)Cc1c2c(cc3ccccc13)C1NC=Cc3c[c]([Ge]([CH3])([CH3])[CH3])cc(c31)O2. The van der Waals surface area contributed by atoms with Gasteiger partial charge < -0.3 is 0 Å². The van der Waals surface area contributed by atoms with Crippen LogP contribution in [0.25, 0.3) is 16.8 Å². The fraction of sp³-hybridized carbons (Fsp3) is 0.333. The molecule has 0 aromatic heterocycles. The van der Waals surface area contributed by atoms with Crippen molar-refractivity contribution in [2.24, 2.45) is 5.41 Å². The quantitative estimate of drug-likeness (QED) is 0.430. The monoisotopic (exact) mass is 459 g/mol. The summed E-state index contributed by atoms with van der Waals surface area (Å²) in [7, 11) is 0. The molecular formula is C27H31GeNO. The molecule has 2 nitrogen and oxygen atoms in total. The van der Waals surface area contributed by atoms with Crippen molar-refractivity contribution in [3.05, 3.63) is 70.9 Å². The molecule has 0 fully saturated rings. The van der Waals surface area contributed by atoms with Crippen molar-refractivity contribution >= 4 is 34.5 Å². The number of rotatable bonds is 2. The number of benzene rings is 3. The van der Waals surface area contributed by atoms with Gasteiger partial charge in [-0.25, -0.2) is 0 Å². The molecule has 0 amide bonds. The zero-order chi connectivity index (χ0) is 21.3. The van der Waals surface area contributed by atoms with E-state index in [0.29, 0.717) is 0 Å².